The van der Waals surface area contributed by atoms with E-state index in [2.05, 4.69) is 41.5 Å². The van der Waals surface area contributed by atoms with Crippen LogP contribution in [0, 0.1) is 5.92 Å². The van der Waals surface area contributed by atoms with Gasteiger partial charge in [-0.25, -0.2) is 9.97 Å². The smallest absolute Gasteiger partial charge is 0.230 e. The number of aromatic nitrogens is 4. The largest absolute Gasteiger partial charge is 0.356 e. The number of pyridine rings is 1. The number of carbonyl (C=O) groups excluding carboxylic acids is 1. The van der Waals surface area contributed by atoms with E-state index in [4.69, 9.17) is 11.6 Å². The molecule has 3 aromatic rings. The molecule has 4 heterocycles. The lowest BCUT2D eigenvalue weighted by molar-refractivity contribution is -0.126. The zero-order valence-electron chi connectivity index (χ0n) is 18.3. The normalized spacial score (nSPS) is 21.1. The Labute approximate surface area is 197 Å². The zero-order chi connectivity index (χ0) is 22.6. The predicted molar refractivity (Wildman–Crippen MR) is 127 cm³/mol. The second-order valence-corrected chi connectivity index (χ2v) is 9.09. The van der Waals surface area contributed by atoms with Gasteiger partial charge in [0.15, 0.2) is 5.82 Å². The molecular formula is C24H26ClN7O. The van der Waals surface area contributed by atoms with Crippen LogP contribution in [0.1, 0.15) is 30.4 Å². The Morgan fingerprint density at radius 3 is 2.94 bits per heavy atom. The molecule has 170 valence electrons. The number of fused-ring (bicyclic) bond motifs is 9. The Morgan fingerprint density at radius 1 is 1.06 bits per heavy atom. The summed E-state index contributed by atoms with van der Waals surface area (Å²) in [5.41, 5.74) is 3.80. The summed E-state index contributed by atoms with van der Waals surface area (Å²) in [6.07, 6.45) is 8.70. The number of halogens is 1. The van der Waals surface area contributed by atoms with E-state index in [0.29, 0.717) is 23.3 Å². The number of rotatable bonds is 0. The lowest BCUT2D eigenvalue weighted by Gasteiger charge is -2.32. The van der Waals surface area contributed by atoms with Crippen LogP contribution in [0.15, 0.2) is 43.0 Å². The Morgan fingerprint density at radius 2 is 2.00 bits per heavy atom. The van der Waals surface area contributed by atoms with Gasteiger partial charge in [-0.3, -0.25) is 14.7 Å². The third-order valence-corrected chi connectivity index (χ3v) is 6.28. The maximum absolute atomic E-state index is 12.8. The number of anilines is 2. The second-order valence-electron chi connectivity index (χ2n) is 8.66. The average Bonchev–Trinajstić information content (AvgIpc) is 2.81. The molecule has 8 nitrogen and oxygen atoms in total. The van der Waals surface area contributed by atoms with Crippen LogP contribution in [-0.4, -0.2) is 50.4 Å². The summed E-state index contributed by atoms with van der Waals surface area (Å²) >= 11 is 6.42. The third-order valence-electron chi connectivity index (χ3n) is 6.06. The highest BCUT2D eigenvalue weighted by atomic mass is 35.5. The van der Waals surface area contributed by atoms with Crippen LogP contribution in [0.3, 0.4) is 0 Å². The van der Waals surface area contributed by atoms with Crippen molar-refractivity contribution in [3.63, 3.8) is 0 Å². The van der Waals surface area contributed by atoms with Crippen LogP contribution in [0.2, 0.25) is 5.02 Å². The zero-order valence-corrected chi connectivity index (χ0v) is 19.1. The van der Waals surface area contributed by atoms with Crippen LogP contribution in [0.25, 0.3) is 11.4 Å². The molecule has 33 heavy (non-hydrogen) atoms. The number of nitrogens with one attached hydrogen (secondary N) is 2. The Bertz CT molecular complexity index is 1160. The quantitative estimate of drug-likeness (QED) is 0.525. The molecule has 2 aliphatic rings. The van der Waals surface area contributed by atoms with Crippen molar-refractivity contribution in [3.8, 4) is 11.4 Å². The van der Waals surface area contributed by atoms with E-state index in [1.54, 1.807) is 6.20 Å². The molecule has 2 aromatic heterocycles. The minimum absolute atomic E-state index is 0.0172. The van der Waals surface area contributed by atoms with Crippen LogP contribution in [0.5, 0.6) is 0 Å². The second kappa shape index (κ2) is 9.80. The molecule has 0 radical (unpaired) electrons. The molecule has 1 aromatic carbocycles. The van der Waals surface area contributed by atoms with Crippen molar-refractivity contribution in [2.75, 3.05) is 25.0 Å². The molecular weight excluding hydrogens is 438 g/mol. The number of piperidine rings is 1. The molecule has 2 aliphatic heterocycles. The summed E-state index contributed by atoms with van der Waals surface area (Å²) in [4.78, 5) is 32.7. The highest BCUT2D eigenvalue weighted by molar-refractivity contribution is 6.31. The summed E-state index contributed by atoms with van der Waals surface area (Å²) in [6, 6.07) is 7.91. The predicted octanol–water partition coefficient (Wildman–Crippen LogP) is 3.61. The van der Waals surface area contributed by atoms with Crippen molar-refractivity contribution in [3.05, 3.63) is 59.1 Å². The van der Waals surface area contributed by atoms with Crippen molar-refractivity contribution in [1.29, 1.82) is 0 Å². The molecule has 1 fully saturated rings. The van der Waals surface area contributed by atoms with Gasteiger partial charge in [0.25, 0.3) is 0 Å². The summed E-state index contributed by atoms with van der Waals surface area (Å²) in [5.74, 6) is 1.16. The molecule has 2 N–H and O–H groups in total. The van der Waals surface area contributed by atoms with Crippen molar-refractivity contribution in [1.82, 2.24) is 30.2 Å². The number of hydrogen-bond acceptors (Lipinski definition) is 7. The van der Waals surface area contributed by atoms with Gasteiger partial charge < -0.3 is 10.6 Å². The van der Waals surface area contributed by atoms with E-state index in [-0.39, 0.29) is 11.8 Å². The fourth-order valence-electron chi connectivity index (χ4n) is 4.50. The lowest BCUT2D eigenvalue weighted by Crippen LogP contribution is -2.43. The fourth-order valence-corrected chi connectivity index (χ4v) is 4.76. The summed E-state index contributed by atoms with van der Waals surface area (Å²) in [5, 5.41) is 7.03. The minimum atomic E-state index is 0.0172. The molecule has 1 amide bonds. The van der Waals surface area contributed by atoms with Crippen molar-refractivity contribution in [2.24, 2.45) is 5.92 Å². The van der Waals surface area contributed by atoms with Crippen LogP contribution in [0.4, 0.5) is 11.6 Å². The maximum atomic E-state index is 12.8. The number of aryl methyl sites for hydroxylation is 1. The van der Waals surface area contributed by atoms with E-state index in [1.165, 1.54) is 6.33 Å². The first-order valence-electron chi connectivity index (χ1n) is 11.3. The molecule has 0 saturated carbocycles. The number of hydrogen-bond donors (Lipinski definition) is 2. The number of benzene rings is 1. The number of carbonyl (C=O) groups is 1. The molecule has 0 spiro atoms. The molecule has 8 bridgehead atoms. The maximum Gasteiger partial charge on any atom is 0.230 e. The summed E-state index contributed by atoms with van der Waals surface area (Å²) < 4.78 is 0. The topological polar surface area (TPSA) is 95.9 Å². The van der Waals surface area contributed by atoms with Gasteiger partial charge in [0.2, 0.25) is 11.9 Å². The standard InChI is InChI=1S/C24H26ClN7O/c25-20-8-17-9-21(10-20)30-24-29-15-28-22(31-24)19-7-16(11-26-12-19)3-1-5-27-23(33)18-4-2-6-32(13-17)14-18/h7-12,15,18H,1-6,13-14H2,(H,27,33)(H,28,29,30,31). The molecule has 2 atom stereocenters. The molecule has 5 rings (SSSR count). The van der Waals surface area contributed by atoms with Gasteiger partial charge in [-0.2, -0.15) is 4.98 Å². The first-order valence-corrected chi connectivity index (χ1v) is 11.7. The Kier molecular flexibility index (Phi) is 6.46. The van der Waals surface area contributed by atoms with Crippen LogP contribution >= 0.6 is 11.6 Å². The summed E-state index contributed by atoms with van der Waals surface area (Å²) in [6.45, 7) is 3.11. The Hall–Kier alpha value is -3.10. The van der Waals surface area contributed by atoms with E-state index in [0.717, 1.165) is 67.7 Å². The number of amides is 1. The van der Waals surface area contributed by atoms with Crippen molar-refractivity contribution in [2.45, 2.75) is 32.2 Å². The monoisotopic (exact) mass is 463 g/mol. The fraction of sp³-hybridized carbons (Fsp3) is 0.375. The third kappa shape index (κ3) is 5.46. The highest BCUT2D eigenvalue weighted by Crippen LogP contribution is 2.25. The van der Waals surface area contributed by atoms with Crippen molar-refractivity contribution < 1.29 is 4.79 Å². The van der Waals surface area contributed by atoms with Crippen molar-refractivity contribution >= 4 is 29.1 Å². The van der Waals surface area contributed by atoms with Crippen LogP contribution in [-0.2, 0) is 17.8 Å². The average molecular weight is 464 g/mol. The van der Waals surface area contributed by atoms with E-state index < -0.39 is 0 Å². The first-order chi connectivity index (χ1) is 16.1. The van der Waals surface area contributed by atoms with E-state index >= 15 is 0 Å². The number of nitrogens with zero attached hydrogens (tertiary/aromatic N) is 5. The van der Waals surface area contributed by atoms with E-state index in [1.807, 2.05) is 24.4 Å². The van der Waals surface area contributed by atoms with Crippen LogP contribution < -0.4 is 10.6 Å². The Balaban J connectivity index is 1.48. The van der Waals surface area contributed by atoms with Gasteiger partial charge in [-0.05, 0) is 67.6 Å². The van der Waals surface area contributed by atoms with Gasteiger partial charge >= 0.3 is 0 Å². The minimum Gasteiger partial charge on any atom is -0.356 e. The van der Waals surface area contributed by atoms with Gasteiger partial charge in [0.05, 0.1) is 5.92 Å². The molecule has 1 saturated heterocycles. The van der Waals surface area contributed by atoms with Gasteiger partial charge in [0, 0.05) is 48.3 Å². The molecule has 2 unspecified atom stereocenters. The van der Waals surface area contributed by atoms with Gasteiger partial charge in [0.1, 0.15) is 6.33 Å². The van der Waals surface area contributed by atoms with Gasteiger partial charge in [-0.1, -0.05) is 11.6 Å². The molecule has 9 heteroatoms. The first kappa shape index (κ1) is 21.7. The highest BCUT2D eigenvalue weighted by Gasteiger charge is 2.25. The SMILES string of the molecule is O=C1NCCCc2cncc(c2)-c2ncnc(n2)Nc2cc(Cl)cc(c2)CN2CCCC1C2. The lowest BCUT2D eigenvalue weighted by atomic mass is 9.96. The van der Waals surface area contributed by atoms with E-state index in [9.17, 15) is 4.79 Å². The van der Waals surface area contributed by atoms with Gasteiger partial charge in [-0.15, -0.1) is 0 Å². The molecule has 0 aliphatic carbocycles. The summed E-state index contributed by atoms with van der Waals surface area (Å²) in [7, 11) is 0.